The number of carbonyl (C=O) groups is 1. The van der Waals surface area contributed by atoms with Crippen LogP contribution in [0.4, 0.5) is 0 Å². The molecular formula is C15H20N2O4. The van der Waals surface area contributed by atoms with Gasteiger partial charge in [0.25, 0.3) is 5.09 Å². The van der Waals surface area contributed by atoms with Crippen LogP contribution in [0.15, 0.2) is 36.4 Å². The minimum absolute atomic E-state index is 0.00597. The number of rotatable bonds is 9. The quantitative estimate of drug-likeness (QED) is 0.328. The van der Waals surface area contributed by atoms with Gasteiger partial charge in [0.1, 0.15) is 6.61 Å². The second kappa shape index (κ2) is 9.52. The van der Waals surface area contributed by atoms with Crippen LogP contribution in [0.2, 0.25) is 0 Å². The Morgan fingerprint density at radius 2 is 2.19 bits per heavy atom. The summed E-state index contributed by atoms with van der Waals surface area (Å²) in [5.41, 5.74) is 1.59. The molecule has 0 heterocycles. The summed E-state index contributed by atoms with van der Waals surface area (Å²) in [4.78, 5) is 26.1. The van der Waals surface area contributed by atoms with E-state index in [9.17, 15) is 14.9 Å². The number of allylic oxidation sites excluding steroid dienone is 2. The molecule has 0 aliphatic heterocycles. The van der Waals surface area contributed by atoms with Crippen molar-refractivity contribution in [2.24, 2.45) is 0 Å². The number of carbonyl (C=O) groups excluding carboxylic acids is 1. The number of hydrogen-bond acceptors (Lipinski definition) is 4. The average Bonchev–Trinajstić information content (AvgIpc) is 2.48. The predicted octanol–water partition coefficient (Wildman–Crippen LogP) is 2.76. The van der Waals surface area contributed by atoms with E-state index in [-0.39, 0.29) is 12.5 Å². The fourth-order valence-electron chi connectivity index (χ4n) is 1.79. The van der Waals surface area contributed by atoms with E-state index in [1.807, 2.05) is 25.1 Å². The second-order valence-electron chi connectivity index (χ2n) is 4.55. The van der Waals surface area contributed by atoms with Gasteiger partial charge in [0.05, 0.1) is 0 Å². The lowest BCUT2D eigenvalue weighted by Gasteiger charge is -2.07. The fraction of sp³-hybridized carbons (Fsp3) is 0.400. The van der Waals surface area contributed by atoms with Crippen molar-refractivity contribution in [2.45, 2.75) is 39.3 Å². The molecular weight excluding hydrogens is 272 g/mol. The lowest BCUT2D eigenvalue weighted by Crippen LogP contribution is -2.22. The van der Waals surface area contributed by atoms with Crippen molar-refractivity contribution in [1.82, 2.24) is 5.32 Å². The summed E-state index contributed by atoms with van der Waals surface area (Å²) in [7, 11) is 0. The van der Waals surface area contributed by atoms with Crippen molar-refractivity contribution >= 4 is 5.91 Å². The van der Waals surface area contributed by atoms with Gasteiger partial charge in [-0.2, -0.15) is 0 Å². The number of benzene rings is 1. The molecule has 0 bridgehead atoms. The highest BCUT2D eigenvalue weighted by atomic mass is 16.9. The highest BCUT2D eigenvalue weighted by Crippen LogP contribution is 2.07. The zero-order valence-corrected chi connectivity index (χ0v) is 12.1. The van der Waals surface area contributed by atoms with Gasteiger partial charge in [-0.1, -0.05) is 36.4 Å². The SMILES string of the molecule is C/C=C\CCCC(=O)NCc1cccc(CO[N+](=O)[O-])c1. The molecule has 114 valence electrons. The van der Waals surface area contributed by atoms with Crippen molar-refractivity contribution in [2.75, 3.05) is 0 Å². The van der Waals surface area contributed by atoms with E-state index in [1.165, 1.54) is 0 Å². The molecule has 1 N–H and O–H groups in total. The van der Waals surface area contributed by atoms with Crippen molar-refractivity contribution in [3.8, 4) is 0 Å². The molecule has 0 aromatic heterocycles. The molecule has 0 unspecified atom stereocenters. The van der Waals surface area contributed by atoms with E-state index in [0.717, 1.165) is 18.4 Å². The summed E-state index contributed by atoms with van der Waals surface area (Å²) in [6, 6.07) is 7.16. The number of nitrogens with one attached hydrogen (secondary N) is 1. The van der Waals surface area contributed by atoms with Gasteiger partial charge < -0.3 is 10.2 Å². The maximum atomic E-state index is 11.6. The standard InChI is InChI=1S/C15H20N2O4/c1-2-3-4-5-9-15(18)16-11-13-7-6-8-14(10-13)12-21-17(19)20/h2-3,6-8,10H,4-5,9,11-12H2,1H3,(H,16,18)/b3-2-. The lowest BCUT2D eigenvalue weighted by atomic mass is 10.1. The van der Waals surface area contributed by atoms with Crippen molar-refractivity contribution < 1.29 is 14.7 Å². The molecule has 0 atom stereocenters. The van der Waals surface area contributed by atoms with E-state index < -0.39 is 5.09 Å². The lowest BCUT2D eigenvalue weighted by molar-refractivity contribution is -0.763. The topological polar surface area (TPSA) is 81.5 Å². The summed E-state index contributed by atoms with van der Waals surface area (Å²) in [6.45, 7) is 2.28. The Morgan fingerprint density at radius 3 is 2.90 bits per heavy atom. The van der Waals surface area contributed by atoms with Crippen molar-refractivity contribution in [3.63, 3.8) is 0 Å². The molecule has 0 aliphatic carbocycles. The first-order chi connectivity index (χ1) is 10.1. The summed E-state index contributed by atoms with van der Waals surface area (Å²) < 4.78 is 0. The third-order valence-corrected chi connectivity index (χ3v) is 2.83. The van der Waals surface area contributed by atoms with Gasteiger partial charge in [-0.05, 0) is 30.9 Å². The Hall–Kier alpha value is -2.37. The van der Waals surface area contributed by atoms with Crippen LogP contribution in [0.5, 0.6) is 0 Å². The monoisotopic (exact) mass is 292 g/mol. The van der Waals surface area contributed by atoms with E-state index in [0.29, 0.717) is 18.5 Å². The number of nitrogens with zero attached hydrogens (tertiary/aromatic N) is 1. The van der Waals surface area contributed by atoms with Gasteiger partial charge in [0.15, 0.2) is 0 Å². The highest BCUT2D eigenvalue weighted by Gasteiger charge is 2.02. The van der Waals surface area contributed by atoms with Crippen LogP contribution in [0.3, 0.4) is 0 Å². The third kappa shape index (κ3) is 7.71. The first-order valence-electron chi connectivity index (χ1n) is 6.85. The molecule has 1 aromatic carbocycles. The van der Waals surface area contributed by atoms with Crippen molar-refractivity contribution in [3.05, 3.63) is 57.7 Å². The van der Waals surface area contributed by atoms with Crippen LogP contribution in [0.25, 0.3) is 0 Å². The first-order valence-corrected chi connectivity index (χ1v) is 6.85. The fourth-order valence-corrected chi connectivity index (χ4v) is 1.79. The van der Waals surface area contributed by atoms with E-state index in [4.69, 9.17) is 0 Å². The van der Waals surface area contributed by atoms with Gasteiger partial charge in [0, 0.05) is 13.0 Å². The van der Waals surface area contributed by atoms with E-state index in [1.54, 1.807) is 18.2 Å². The Morgan fingerprint density at radius 1 is 1.43 bits per heavy atom. The van der Waals surface area contributed by atoms with Crippen molar-refractivity contribution in [1.29, 1.82) is 0 Å². The minimum Gasteiger partial charge on any atom is -0.352 e. The molecule has 0 saturated carbocycles. The molecule has 0 saturated heterocycles. The number of unbranched alkanes of at least 4 members (excludes halogenated alkanes) is 1. The normalized spacial score (nSPS) is 10.5. The van der Waals surface area contributed by atoms with Gasteiger partial charge in [-0.3, -0.25) is 4.79 Å². The Labute approximate surface area is 123 Å². The number of hydrogen-bond donors (Lipinski definition) is 1. The molecule has 1 amide bonds. The molecule has 1 rings (SSSR count). The maximum Gasteiger partial charge on any atom is 0.294 e. The van der Waals surface area contributed by atoms with Gasteiger partial charge in [-0.15, -0.1) is 10.1 Å². The molecule has 6 nitrogen and oxygen atoms in total. The molecule has 6 heteroatoms. The molecule has 21 heavy (non-hydrogen) atoms. The Bertz CT molecular complexity index is 500. The van der Waals surface area contributed by atoms with Gasteiger partial charge >= 0.3 is 0 Å². The smallest absolute Gasteiger partial charge is 0.294 e. The molecule has 0 fully saturated rings. The Balaban J connectivity index is 2.35. The second-order valence-corrected chi connectivity index (χ2v) is 4.55. The van der Waals surface area contributed by atoms with Gasteiger partial charge in [0.2, 0.25) is 5.91 Å². The van der Waals surface area contributed by atoms with Gasteiger partial charge in [-0.25, -0.2) is 0 Å². The van der Waals surface area contributed by atoms with Crippen LogP contribution < -0.4 is 5.32 Å². The predicted molar refractivity (Wildman–Crippen MR) is 78.7 cm³/mol. The molecule has 1 aromatic rings. The first kappa shape index (κ1) is 16.7. The largest absolute Gasteiger partial charge is 0.352 e. The van der Waals surface area contributed by atoms with Crippen LogP contribution >= 0.6 is 0 Å². The molecule has 0 aliphatic rings. The van der Waals surface area contributed by atoms with Crippen LogP contribution in [0.1, 0.15) is 37.3 Å². The maximum absolute atomic E-state index is 11.6. The average molecular weight is 292 g/mol. The third-order valence-electron chi connectivity index (χ3n) is 2.83. The number of amides is 1. The van der Waals surface area contributed by atoms with E-state index in [2.05, 4.69) is 10.2 Å². The molecule has 0 radical (unpaired) electrons. The van der Waals surface area contributed by atoms with Crippen LogP contribution in [-0.4, -0.2) is 11.0 Å². The summed E-state index contributed by atoms with van der Waals surface area (Å²) in [6.07, 6.45) is 6.22. The minimum atomic E-state index is -0.820. The summed E-state index contributed by atoms with van der Waals surface area (Å²) in [5.74, 6) is 0.00597. The Kier molecular flexibility index (Phi) is 7.56. The zero-order chi connectivity index (χ0) is 15.5. The molecule has 0 spiro atoms. The summed E-state index contributed by atoms with van der Waals surface area (Å²) >= 11 is 0. The highest BCUT2D eigenvalue weighted by molar-refractivity contribution is 5.75. The zero-order valence-electron chi connectivity index (χ0n) is 12.1. The van der Waals surface area contributed by atoms with Crippen LogP contribution in [-0.2, 0) is 22.8 Å². The van der Waals surface area contributed by atoms with E-state index >= 15 is 0 Å². The summed E-state index contributed by atoms with van der Waals surface area (Å²) in [5, 5.41) is 12.2. The van der Waals surface area contributed by atoms with Crippen LogP contribution in [0, 0.1) is 10.1 Å².